The number of hydrogen-bond donors (Lipinski definition) is 1. The smallest absolute Gasteiger partial charge is 0.0934 e. The Bertz CT molecular complexity index is 528. The molecule has 4 nitrogen and oxygen atoms in total. The van der Waals surface area contributed by atoms with Gasteiger partial charge in [-0.05, 0) is 44.9 Å². The van der Waals surface area contributed by atoms with Crippen LogP contribution in [0.15, 0.2) is 24.5 Å². The lowest BCUT2D eigenvalue weighted by atomic mass is 10.0. The Kier molecular flexibility index (Phi) is 3.48. The summed E-state index contributed by atoms with van der Waals surface area (Å²) in [6.45, 7) is 8.21. The van der Waals surface area contributed by atoms with Gasteiger partial charge >= 0.3 is 0 Å². The maximum absolute atomic E-state index is 6.14. The summed E-state index contributed by atoms with van der Waals surface area (Å²) in [6.07, 6.45) is 3.63. The van der Waals surface area contributed by atoms with Crippen LogP contribution in [-0.4, -0.2) is 20.8 Å². The minimum Gasteiger partial charge on any atom is -0.326 e. The molecule has 2 rings (SSSR count). The van der Waals surface area contributed by atoms with Crippen molar-refractivity contribution in [1.29, 1.82) is 0 Å². The minimum absolute atomic E-state index is 0.0217. The Labute approximate surface area is 108 Å². The minimum atomic E-state index is -0.0217. The number of aryl methyl sites for hydroxylation is 1. The van der Waals surface area contributed by atoms with Crippen molar-refractivity contribution in [2.75, 3.05) is 0 Å². The van der Waals surface area contributed by atoms with Crippen molar-refractivity contribution in [2.24, 2.45) is 5.73 Å². The highest BCUT2D eigenvalue weighted by molar-refractivity contribution is 5.26. The Balaban J connectivity index is 2.52. The van der Waals surface area contributed by atoms with Gasteiger partial charge in [0.2, 0.25) is 0 Å². The Morgan fingerprint density at radius 3 is 2.44 bits per heavy atom. The number of nitrogens with zero attached hydrogens (tertiary/aromatic N) is 3. The molecule has 0 spiro atoms. The molecule has 2 unspecified atom stereocenters. The lowest BCUT2D eigenvalue weighted by Crippen LogP contribution is -2.31. The average Bonchev–Trinajstić information content (AvgIpc) is 2.59. The summed E-state index contributed by atoms with van der Waals surface area (Å²) in [5.41, 5.74) is 10.7. The van der Waals surface area contributed by atoms with Crippen LogP contribution >= 0.6 is 0 Å². The van der Waals surface area contributed by atoms with Gasteiger partial charge in [0.05, 0.1) is 11.7 Å². The molecule has 2 heterocycles. The lowest BCUT2D eigenvalue weighted by Gasteiger charge is -2.23. The van der Waals surface area contributed by atoms with E-state index >= 15 is 0 Å². The van der Waals surface area contributed by atoms with Crippen molar-refractivity contribution in [3.8, 4) is 0 Å². The van der Waals surface area contributed by atoms with Gasteiger partial charge in [-0.3, -0.25) is 9.67 Å². The van der Waals surface area contributed by atoms with E-state index in [0.29, 0.717) is 0 Å². The molecule has 0 saturated heterocycles. The summed E-state index contributed by atoms with van der Waals surface area (Å²) in [5.74, 6) is 0. The maximum atomic E-state index is 6.14. The monoisotopic (exact) mass is 244 g/mol. The first-order chi connectivity index (χ1) is 8.52. The number of nitrogens with two attached hydrogens (primary N) is 1. The van der Waals surface area contributed by atoms with Crippen molar-refractivity contribution in [3.63, 3.8) is 0 Å². The second-order valence-electron chi connectivity index (χ2n) is 4.83. The van der Waals surface area contributed by atoms with Gasteiger partial charge in [0.1, 0.15) is 0 Å². The topological polar surface area (TPSA) is 56.7 Å². The van der Waals surface area contributed by atoms with Crippen LogP contribution in [-0.2, 0) is 0 Å². The molecule has 2 atom stereocenters. The Morgan fingerprint density at radius 1 is 1.28 bits per heavy atom. The van der Waals surface area contributed by atoms with Crippen LogP contribution in [0.25, 0.3) is 0 Å². The molecule has 0 aliphatic carbocycles. The van der Waals surface area contributed by atoms with Gasteiger partial charge in [-0.15, -0.1) is 0 Å². The Morgan fingerprint density at radius 2 is 2.00 bits per heavy atom. The standard InChI is InChI=1S/C14H20N4/c1-9-11(3)17-18(12(9)4)14(10(2)15)13-6-5-7-16-8-13/h5-8,10,14H,15H2,1-4H3. The largest absolute Gasteiger partial charge is 0.326 e. The quantitative estimate of drug-likeness (QED) is 0.900. The molecule has 0 bridgehead atoms. The first kappa shape index (κ1) is 12.8. The normalized spacial score (nSPS) is 14.5. The predicted molar refractivity (Wildman–Crippen MR) is 72.5 cm³/mol. The van der Waals surface area contributed by atoms with E-state index in [1.165, 1.54) is 11.3 Å². The molecule has 4 heteroatoms. The average molecular weight is 244 g/mol. The molecule has 0 aromatic carbocycles. The van der Waals surface area contributed by atoms with Gasteiger partial charge in [-0.1, -0.05) is 6.07 Å². The number of rotatable bonds is 3. The van der Waals surface area contributed by atoms with E-state index < -0.39 is 0 Å². The fourth-order valence-corrected chi connectivity index (χ4v) is 2.23. The van der Waals surface area contributed by atoms with Gasteiger partial charge in [-0.2, -0.15) is 5.10 Å². The molecule has 0 radical (unpaired) electrons. The first-order valence-corrected chi connectivity index (χ1v) is 6.20. The van der Waals surface area contributed by atoms with Crippen LogP contribution < -0.4 is 5.73 Å². The van der Waals surface area contributed by atoms with Gasteiger partial charge in [0.25, 0.3) is 0 Å². The summed E-state index contributed by atoms with van der Waals surface area (Å²) < 4.78 is 2.02. The van der Waals surface area contributed by atoms with Crippen molar-refractivity contribution in [3.05, 3.63) is 47.0 Å². The van der Waals surface area contributed by atoms with Crippen LogP contribution in [0.4, 0.5) is 0 Å². The van der Waals surface area contributed by atoms with Crippen LogP contribution in [0.2, 0.25) is 0 Å². The molecule has 2 aromatic heterocycles. The molecular formula is C14H20N4. The highest BCUT2D eigenvalue weighted by Crippen LogP contribution is 2.24. The summed E-state index contributed by atoms with van der Waals surface area (Å²) in [7, 11) is 0. The van der Waals surface area contributed by atoms with E-state index in [9.17, 15) is 0 Å². The number of hydrogen-bond acceptors (Lipinski definition) is 3. The molecule has 2 aromatic rings. The third-order valence-corrected chi connectivity index (χ3v) is 3.47. The van der Waals surface area contributed by atoms with E-state index in [-0.39, 0.29) is 12.1 Å². The zero-order valence-electron chi connectivity index (χ0n) is 11.4. The molecule has 0 fully saturated rings. The highest BCUT2D eigenvalue weighted by atomic mass is 15.3. The first-order valence-electron chi connectivity index (χ1n) is 6.20. The van der Waals surface area contributed by atoms with Crippen LogP contribution in [0.5, 0.6) is 0 Å². The van der Waals surface area contributed by atoms with Gasteiger partial charge < -0.3 is 5.73 Å². The molecule has 0 saturated carbocycles. The zero-order chi connectivity index (χ0) is 13.3. The van der Waals surface area contributed by atoms with E-state index in [1.54, 1.807) is 6.20 Å². The molecule has 0 aliphatic rings. The zero-order valence-corrected chi connectivity index (χ0v) is 11.4. The number of pyridine rings is 1. The van der Waals surface area contributed by atoms with Crippen LogP contribution in [0, 0.1) is 20.8 Å². The lowest BCUT2D eigenvalue weighted by molar-refractivity contribution is 0.442. The number of aromatic nitrogens is 3. The fourth-order valence-electron chi connectivity index (χ4n) is 2.23. The summed E-state index contributed by atoms with van der Waals surface area (Å²) >= 11 is 0. The molecule has 0 aliphatic heterocycles. The van der Waals surface area contributed by atoms with Crippen molar-refractivity contribution in [1.82, 2.24) is 14.8 Å². The second-order valence-corrected chi connectivity index (χ2v) is 4.83. The SMILES string of the molecule is Cc1nn(C(c2cccnc2)C(C)N)c(C)c1C. The molecular weight excluding hydrogens is 224 g/mol. The highest BCUT2D eigenvalue weighted by Gasteiger charge is 2.22. The summed E-state index contributed by atoms with van der Waals surface area (Å²) in [4.78, 5) is 4.18. The summed E-state index contributed by atoms with van der Waals surface area (Å²) in [5, 5.41) is 4.62. The van der Waals surface area contributed by atoms with Gasteiger partial charge in [0, 0.05) is 24.1 Å². The Hall–Kier alpha value is -1.68. The molecule has 2 N–H and O–H groups in total. The van der Waals surface area contributed by atoms with E-state index in [2.05, 4.69) is 23.9 Å². The third kappa shape index (κ3) is 2.16. The molecule has 96 valence electrons. The molecule has 18 heavy (non-hydrogen) atoms. The maximum Gasteiger partial charge on any atom is 0.0934 e. The van der Waals surface area contributed by atoms with E-state index in [1.807, 2.05) is 36.9 Å². The fraction of sp³-hybridized carbons (Fsp3) is 0.429. The summed E-state index contributed by atoms with van der Waals surface area (Å²) in [6, 6.07) is 3.99. The van der Waals surface area contributed by atoms with Crippen molar-refractivity contribution >= 4 is 0 Å². The van der Waals surface area contributed by atoms with Gasteiger partial charge in [-0.25, -0.2) is 0 Å². The van der Waals surface area contributed by atoms with E-state index in [0.717, 1.165) is 11.3 Å². The van der Waals surface area contributed by atoms with Crippen molar-refractivity contribution in [2.45, 2.75) is 39.8 Å². The van der Waals surface area contributed by atoms with Crippen molar-refractivity contribution < 1.29 is 0 Å². The molecule has 0 amide bonds. The third-order valence-electron chi connectivity index (χ3n) is 3.47. The van der Waals surface area contributed by atoms with Crippen LogP contribution in [0.1, 0.15) is 35.5 Å². The second kappa shape index (κ2) is 4.90. The van der Waals surface area contributed by atoms with Gasteiger partial charge in [0.15, 0.2) is 0 Å². The van der Waals surface area contributed by atoms with Crippen LogP contribution in [0.3, 0.4) is 0 Å². The predicted octanol–water partition coefficient (Wildman–Crippen LogP) is 2.14. The van der Waals surface area contributed by atoms with E-state index in [4.69, 9.17) is 5.73 Å².